The monoisotopic (exact) mass is 247 g/mol. The van der Waals surface area contributed by atoms with Crippen molar-refractivity contribution >= 4 is 11.7 Å². The van der Waals surface area contributed by atoms with E-state index < -0.39 is 0 Å². The highest BCUT2D eigenvalue weighted by atomic mass is 16.2. The van der Waals surface area contributed by atoms with Crippen LogP contribution in [0.5, 0.6) is 0 Å². The average molecular weight is 247 g/mol. The zero-order valence-corrected chi connectivity index (χ0v) is 10.7. The van der Waals surface area contributed by atoms with Gasteiger partial charge in [-0.2, -0.15) is 0 Å². The van der Waals surface area contributed by atoms with Gasteiger partial charge in [-0.3, -0.25) is 9.59 Å². The molecule has 18 heavy (non-hydrogen) atoms. The first-order valence-corrected chi connectivity index (χ1v) is 6.13. The van der Waals surface area contributed by atoms with E-state index in [-0.39, 0.29) is 11.7 Å². The molecule has 0 saturated heterocycles. The molecular weight excluding hydrogens is 230 g/mol. The lowest BCUT2D eigenvalue weighted by Crippen LogP contribution is -2.24. The van der Waals surface area contributed by atoms with Gasteiger partial charge in [0.2, 0.25) is 5.82 Å². The molecule has 96 valence electrons. The maximum Gasteiger partial charge on any atom is 0.291 e. The molecule has 0 aromatic carbocycles. The topological polar surface area (TPSA) is 63.2 Å². The van der Waals surface area contributed by atoms with E-state index in [0.717, 1.165) is 18.4 Å². The summed E-state index contributed by atoms with van der Waals surface area (Å²) < 4.78 is 0. The van der Waals surface area contributed by atoms with Gasteiger partial charge in [-0.25, -0.2) is 9.97 Å². The van der Waals surface area contributed by atoms with E-state index in [1.54, 1.807) is 26.5 Å². The molecule has 1 aromatic rings. The van der Waals surface area contributed by atoms with Crippen LogP contribution in [-0.4, -0.2) is 40.7 Å². The van der Waals surface area contributed by atoms with E-state index in [2.05, 4.69) is 9.97 Å². The van der Waals surface area contributed by atoms with Gasteiger partial charge in [0.15, 0.2) is 0 Å². The fourth-order valence-electron chi connectivity index (χ4n) is 2.13. The van der Waals surface area contributed by atoms with Crippen molar-refractivity contribution in [2.45, 2.75) is 31.6 Å². The van der Waals surface area contributed by atoms with E-state index in [9.17, 15) is 9.59 Å². The van der Waals surface area contributed by atoms with Crippen LogP contribution >= 0.6 is 0 Å². The van der Waals surface area contributed by atoms with Crippen molar-refractivity contribution in [1.29, 1.82) is 0 Å². The number of carbonyl (C=O) groups excluding carboxylic acids is 2. The molecule has 0 radical (unpaired) electrons. The highest BCUT2D eigenvalue weighted by Gasteiger charge is 2.21. The van der Waals surface area contributed by atoms with Gasteiger partial charge < -0.3 is 4.90 Å². The van der Waals surface area contributed by atoms with Crippen LogP contribution in [0.4, 0.5) is 0 Å². The molecule has 2 rings (SSSR count). The van der Waals surface area contributed by atoms with Gasteiger partial charge >= 0.3 is 0 Å². The first-order valence-electron chi connectivity index (χ1n) is 6.13. The van der Waals surface area contributed by atoms with Gasteiger partial charge in [0, 0.05) is 39.3 Å². The number of Topliss-reactive ketones (excluding diaryl/α,β-unsaturated/α-hetero) is 1. The molecular formula is C13H17N3O2. The maximum absolute atomic E-state index is 11.6. The summed E-state index contributed by atoms with van der Waals surface area (Å²) in [5, 5.41) is 0. The highest BCUT2D eigenvalue weighted by molar-refractivity contribution is 5.89. The van der Waals surface area contributed by atoms with Crippen LogP contribution in [0.25, 0.3) is 0 Å². The lowest BCUT2D eigenvalue weighted by Gasteiger charge is -2.20. The van der Waals surface area contributed by atoms with Crippen molar-refractivity contribution in [3.8, 4) is 0 Å². The summed E-state index contributed by atoms with van der Waals surface area (Å²) in [5.74, 6) is 0.716. The van der Waals surface area contributed by atoms with Gasteiger partial charge in [0.25, 0.3) is 5.91 Å². The van der Waals surface area contributed by atoms with Crippen molar-refractivity contribution in [3.05, 3.63) is 23.8 Å². The molecule has 0 bridgehead atoms. The van der Waals surface area contributed by atoms with E-state index in [1.165, 1.54) is 4.90 Å². The van der Waals surface area contributed by atoms with Crippen LogP contribution < -0.4 is 0 Å². The third kappa shape index (κ3) is 2.72. The minimum atomic E-state index is -0.194. The van der Waals surface area contributed by atoms with E-state index >= 15 is 0 Å². The zero-order valence-electron chi connectivity index (χ0n) is 10.7. The van der Waals surface area contributed by atoms with Crippen molar-refractivity contribution in [3.63, 3.8) is 0 Å². The Morgan fingerprint density at radius 2 is 1.78 bits per heavy atom. The minimum absolute atomic E-state index is 0.194. The Morgan fingerprint density at radius 3 is 2.28 bits per heavy atom. The number of hydrogen-bond acceptors (Lipinski definition) is 4. The third-order valence-electron chi connectivity index (χ3n) is 3.28. The normalized spacial score (nSPS) is 16.7. The largest absolute Gasteiger partial charge is 0.342 e. The van der Waals surface area contributed by atoms with Gasteiger partial charge in [-0.15, -0.1) is 0 Å². The average Bonchev–Trinajstić information content (AvgIpc) is 2.39. The quantitative estimate of drug-likeness (QED) is 0.792. The molecule has 1 heterocycles. The molecule has 1 aliphatic rings. The molecule has 0 N–H and O–H groups in total. The molecule has 0 aliphatic heterocycles. The Kier molecular flexibility index (Phi) is 3.69. The lowest BCUT2D eigenvalue weighted by atomic mass is 9.85. The molecule has 1 saturated carbocycles. The van der Waals surface area contributed by atoms with Crippen LogP contribution in [0, 0.1) is 0 Å². The number of carbonyl (C=O) groups is 2. The minimum Gasteiger partial charge on any atom is -0.342 e. The summed E-state index contributed by atoms with van der Waals surface area (Å²) in [4.78, 5) is 32.5. The van der Waals surface area contributed by atoms with E-state index in [4.69, 9.17) is 0 Å². The number of aromatic nitrogens is 2. The van der Waals surface area contributed by atoms with E-state index in [1.807, 2.05) is 0 Å². The molecule has 0 spiro atoms. The van der Waals surface area contributed by atoms with Gasteiger partial charge in [-0.05, 0) is 24.3 Å². The number of amides is 1. The van der Waals surface area contributed by atoms with E-state index in [0.29, 0.717) is 24.5 Å². The number of nitrogens with zero attached hydrogens (tertiary/aromatic N) is 3. The van der Waals surface area contributed by atoms with Crippen molar-refractivity contribution in [2.75, 3.05) is 14.1 Å². The summed E-state index contributed by atoms with van der Waals surface area (Å²) in [5.41, 5.74) is 1.03. The van der Waals surface area contributed by atoms with Crippen LogP contribution in [0.2, 0.25) is 0 Å². The Bertz CT molecular complexity index is 444. The highest BCUT2D eigenvalue weighted by Crippen LogP contribution is 2.30. The van der Waals surface area contributed by atoms with Crippen LogP contribution in [0.3, 0.4) is 0 Å². The molecule has 1 fully saturated rings. The molecule has 0 atom stereocenters. The van der Waals surface area contributed by atoms with Crippen molar-refractivity contribution in [1.82, 2.24) is 14.9 Å². The van der Waals surface area contributed by atoms with Gasteiger partial charge in [-0.1, -0.05) is 0 Å². The molecule has 5 heteroatoms. The molecule has 0 unspecified atom stereocenters. The fourth-order valence-corrected chi connectivity index (χ4v) is 2.13. The molecule has 1 aliphatic carbocycles. The fraction of sp³-hybridized carbons (Fsp3) is 0.538. The number of ketones is 1. The van der Waals surface area contributed by atoms with Crippen LogP contribution in [-0.2, 0) is 4.79 Å². The summed E-state index contributed by atoms with van der Waals surface area (Å²) >= 11 is 0. The second-order valence-electron chi connectivity index (χ2n) is 4.85. The van der Waals surface area contributed by atoms with Gasteiger partial charge in [0.05, 0.1) is 0 Å². The SMILES string of the molecule is CN(C)C(=O)c1ncc(C2CCC(=O)CC2)cn1. The summed E-state index contributed by atoms with van der Waals surface area (Å²) in [6, 6.07) is 0. The Labute approximate surface area is 106 Å². The van der Waals surface area contributed by atoms with Crippen LogP contribution in [0.15, 0.2) is 12.4 Å². The standard InChI is InChI=1S/C13H17N3O2/c1-16(2)13(18)12-14-7-10(8-15-12)9-3-5-11(17)6-4-9/h7-9H,3-6H2,1-2H3. The zero-order chi connectivity index (χ0) is 13.1. The first kappa shape index (κ1) is 12.7. The number of hydrogen-bond donors (Lipinski definition) is 0. The number of rotatable bonds is 2. The Morgan fingerprint density at radius 1 is 1.22 bits per heavy atom. The lowest BCUT2D eigenvalue weighted by molar-refractivity contribution is -0.120. The Hall–Kier alpha value is -1.78. The predicted molar refractivity (Wildman–Crippen MR) is 66.3 cm³/mol. The van der Waals surface area contributed by atoms with Crippen LogP contribution in [0.1, 0.15) is 47.8 Å². The molecule has 1 aromatic heterocycles. The Balaban J connectivity index is 2.08. The second-order valence-corrected chi connectivity index (χ2v) is 4.85. The predicted octanol–water partition coefficient (Wildman–Crippen LogP) is 1.41. The summed E-state index contributed by atoms with van der Waals surface area (Å²) in [7, 11) is 3.35. The molecule has 5 nitrogen and oxygen atoms in total. The van der Waals surface area contributed by atoms with Crippen molar-refractivity contribution < 1.29 is 9.59 Å². The summed E-state index contributed by atoms with van der Waals surface area (Å²) in [6.45, 7) is 0. The maximum atomic E-state index is 11.6. The first-order chi connectivity index (χ1) is 8.58. The smallest absolute Gasteiger partial charge is 0.291 e. The third-order valence-corrected chi connectivity index (χ3v) is 3.28. The second kappa shape index (κ2) is 5.25. The van der Waals surface area contributed by atoms with Gasteiger partial charge in [0.1, 0.15) is 5.78 Å². The van der Waals surface area contributed by atoms with Crippen molar-refractivity contribution in [2.24, 2.45) is 0 Å². The molecule has 1 amide bonds. The summed E-state index contributed by atoms with van der Waals surface area (Å²) in [6.07, 6.45) is 6.44.